The molecule has 0 aromatic heterocycles. The average Bonchev–Trinajstić information content (AvgIpc) is 2.63. The van der Waals surface area contributed by atoms with Gasteiger partial charge < -0.3 is 10.4 Å². The Morgan fingerprint density at radius 2 is 2.00 bits per heavy atom. The van der Waals surface area contributed by atoms with E-state index in [1.165, 1.54) is 17.7 Å². The van der Waals surface area contributed by atoms with E-state index in [1.54, 1.807) is 6.07 Å². The fourth-order valence-electron chi connectivity index (χ4n) is 2.33. The van der Waals surface area contributed by atoms with Crippen LogP contribution in [0.25, 0.3) is 6.08 Å². The first-order valence-corrected chi connectivity index (χ1v) is 7.92. The van der Waals surface area contributed by atoms with E-state index in [9.17, 15) is 20.0 Å². The van der Waals surface area contributed by atoms with Crippen molar-refractivity contribution in [3.05, 3.63) is 75.3 Å². The highest BCUT2D eigenvalue weighted by Gasteiger charge is 2.14. The molecule has 0 aliphatic rings. The lowest BCUT2D eigenvalue weighted by Crippen LogP contribution is -2.25. The second-order valence-electron chi connectivity index (χ2n) is 5.52. The van der Waals surface area contributed by atoms with Crippen molar-refractivity contribution in [1.29, 1.82) is 5.26 Å². The van der Waals surface area contributed by atoms with Crippen molar-refractivity contribution in [1.82, 2.24) is 5.32 Å². The number of benzene rings is 2. The molecule has 0 saturated heterocycles. The van der Waals surface area contributed by atoms with Crippen LogP contribution < -0.4 is 5.32 Å². The molecule has 0 heterocycles. The van der Waals surface area contributed by atoms with Crippen molar-refractivity contribution in [2.45, 2.75) is 12.8 Å². The summed E-state index contributed by atoms with van der Waals surface area (Å²) in [6.45, 7) is 0.415. The third kappa shape index (κ3) is 5.18. The fraction of sp³-hybridized carbons (Fsp3) is 0.158. The lowest BCUT2D eigenvalue weighted by Gasteiger charge is -2.05. The molecular weight excluding hydrogens is 334 g/mol. The number of aromatic hydroxyl groups is 1. The zero-order valence-corrected chi connectivity index (χ0v) is 13.9. The van der Waals surface area contributed by atoms with Crippen LogP contribution in [-0.4, -0.2) is 22.5 Å². The minimum Gasteiger partial charge on any atom is -0.502 e. The smallest absolute Gasteiger partial charge is 0.310 e. The number of nitrogens with one attached hydrogen (secondary N) is 1. The molecule has 1 amide bonds. The van der Waals surface area contributed by atoms with Crippen molar-refractivity contribution >= 4 is 17.7 Å². The second-order valence-corrected chi connectivity index (χ2v) is 5.52. The summed E-state index contributed by atoms with van der Waals surface area (Å²) >= 11 is 0. The van der Waals surface area contributed by atoms with Crippen LogP contribution in [0, 0.1) is 21.4 Å². The van der Waals surface area contributed by atoms with Gasteiger partial charge in [-0.05, 0) is 42.2 Å². The molecule has 0 unspecified atom stereocenters. The number of phenolic OH excluding ortho intramolecular Hbond substituents is 1. The Labute approximate surface area is 150 Å². The number of hydrogen-bond acceptors (Lipinski definition) is 5. The molecule has 132 valence electrons. The monoisotopic (exact) mass is 351 g/mol. The molecule has 26 heavy (non-hydrogen) atoms. The van der Waals surface area contributed by atoms with Crippen LogP contribution in [0.2, 0.25) is 0 Å². The van der Waals surface area contributed by atoms with Crippen molar-refractivity contribution in [2.24, 2.45) is 0 Å². The van der Waals surface area contributed by atoms with E-state index in [0.29, 0.717) is 12.1 Å². The number of nitro groups is 1. The molecular formula is C19H17N3O4. The molecule has 0 spiro atoms. The van der Waals surface area contributed by atoms with Crippen molar-refractivity contribution in [3.63, 3.8) is 0 Å². The SMILES string of the molecule is N#C/C(=C\c1ccc([N+](=O)[O-])c(O)c1)C(=O)NCCCc1ccccc1. The summed E-state index contributed by atoms with van der Waals surface area (Å²) < 4.78 is 0. The van der Waals surface area contributed by atoms with Gasteiger partial charge in [0.2, 0.25) is 0 Å². The number of rotatable bonds is 7. The number of nitrogens with zero attached hydrogens (tertiary/aromatic N) is 2. The van der Waals surface area contributed by atoms with E-state index < -0.39 is 22.3 Å². The highest BCUT2D eigenvalue weighted by atomic mass is 16.6. The lowest BCUT2D eigenvalue weighted by atomic mass is 10.1. The van der Waals surface area contributed by atoms with Gasteiger partial charge in [-0.3, -0.25) is 14.9 Å². The molecule has 2 rings (SSSR count). The normalized spacial score (nSPS) is 10.8. The third-order valence-corrected chi connectivity index (χ3v) is 3.64. The van der Waals surface area contributed by atoms with E-state index in [2.05, 4.69) is 5.32 Å². The third-order valence-electron chi connectivity index (χ3n) is 3.64. The number of nitro benzene ring substituents is 1. The Balaban J connectivity index is 1.95. The summed E-state index contributed by atoms with van der Waals surface area (Å²) in [5.74, 6) is -1.05. The van der Waals surface area contributed by atoms with Crippen LogP contribution >= 0.6 is 0 Å². The fourth-order valence-corrected chi connectivity index (χ4v) is 2.33. The number of aryl methyl sites for hydroxylation is 1. The van der Waals surface area contributed by atoms with Crippen molar-refractivity contribution < 1.29 is 14.8 Å². The van der Waals surface area contributed by atoms with Crippen LogP contribution in [0.5, 0.6) is 5.75 Å². The Morgan fingerprint density at radius 1 is 1.27 bits per heavy atom. The molecule has 0 atom stereocenters. The summed E-state index contributed by atoms with van der Waals surface area (Å²) in [6.07, 6.45) is 2.81. The number of hydrogen-bond donors (Lipinski definition) is 2. The van der Waals surface area contributed by atoms with Gasteiger partial charge in [-0.15, -0.1) is 0 Å². The molecule has 0 saturated carbocycles. The van der Waals surface area contributed by atoms with E-state index in [-0.39, 0.29) is 5.57 Å². The van der Waals surface area contributed by atoms with Crippen molar-refractivity contribution in [3.8, 4) is 11.8 Å². The number of nitriles is 1. The molecule has 0 aliphatic carbocycles. The van der Waals surface area contributed by atoms with Gasteiger partial charge in [0.25, 0.3) is 5.91 Å². The van der Waals surface area contributed by atoms with Crippen LogP contribution in [0.4, 0.5) is 5.69 Å². The molecule has 7 heteroatoms. The quantitative estimate of drug-likeness (QED) is 0.261. The topological polar surface area (TPSA) is 116 Å². The lowest BCUT2D eigenvalue weighted by molar-refractivity contribution is -0.385. The Kier molecular flexibility index (Phi) is 6.46. The summed E-state index contributed by atoms with van der Waals surface area (Å²) in [4.78, 5) is 22.0. The van der Waals surface area contributed by atoms with Crippen LogP contribution in [-0.2, 0) is 11.2 Å². The number of carbonyl (C=O) groups is 1. The first-order valence-electron chi connectivity index (χ1n) is 7.92. The van der Waals surface area contributed by atoms with Gasteiger partial charge in [0.05, 0.1) is 4.92 Å². The molecule has 0 radical (unpaired) electrons. The Bertz CT molecular complexity index is 870. The summed E-state index contributed by atoms with van der Waals surface area (Å²) in [5.41, 5.74) is 0.909. The molecule has 0 fully saturated rings. The second kappa shape index (κ2) is 8.99. The van der Waals surface area contributed by atoms with Gasteiger partial charge in [0.1, 0.15) is 11.6 Å². The maximum atomic E-state index is 12.1. The van der Waals surface area contributed by atoms with Gasteiger partial charge in [-0.25, -0.2) is 0 Å². The average molecular weight is 351 g/mol. The van der Waals surface area contributed by atoms with Gasteiger partial charge in [-0.1, -0.05) is 30.3 Å². The standard InChI is InChI=1S/C19H17N3O4/c20-13-16(11-15-8-9-17(22(25)26)18(23)12-15)19(24)21-10-4-7-14-5-2-1-3-6-14/h1-3,5-6,8-9,11-12,23H,4,7,10H2,(H,21,24)/b16-11+. The minimum atomic E-state index is -0.715. The number of carbonyl (C=O) groups excluding carboxylic acids is 1. The van der Waals surface area contributed by atoms with Gasteiger partial charge in [0, 0.05) is 12.6 Å². The highest BCUT2D eigenvalue weighted by Crippen LogP contribution is 2.27. The van der Waals surface area contributed by atoms with Gasteiger partial charge in [-0.2, -0.15) is 5.26 Å². The van der Waals surface area contributed by atoms with E-state index in [4.69, 9.17) is 5.26 Å². The van der Waals surface area contributed by atoms with E-state index in [1.807, 2.05) is 30.3 Å². The first-order chi connectivity index (χ1) is 12.5. The molecule has 2 aromatic carbocycles. The molecule has 7 nitrogen and oxygen atoms in total. The van der Waals surface area contributed by atoms with Gasteiger partial charge in [0.15, 0.2) is 5.75 Å². The summed E-state index contributed by atoms with van der Waals surface area (Å²) in [7, 11) is 0. The molecule has 0 bridgehead atoms. The molecule has 2 aromatic rings. The highest BCUT2D eigenvalue weighted by molar-refractivity contribution is 6.01. The number of amides is 1. The predicted octanol–water partition coefficient (Wildman–Crippen LogP) is 2.96. The minimum absolute atomic E-state index is 0.141. The first kappa shape index (κ1) is 18.7. The van der Waals surface area contributed by atoms with Crippen molar-refractivity contribution in [2.75, 3.05) is 6.54 Å². The Morgan fingerprint density at radius 3 is 2.62 bits per heavy atom. The van der Waals surface area contributed by atoms with E-state index in [0.717, 1.165) is 25.0 Å². The zero-order valence-electron chi connectivity index (χ0n) is 13.9. The number of phenols is 1. The Hall–Kier alpha value is -3.66. The maximum Gasteiger partial charge on any atom is 0.310 e. The van der Waals surface area contributed by atoms with Gasteiger partial charge >= 0.3 is 5.69 Å². The molecule has 2 N–H and O–H groups in total. The summed E-state index contributed by atoms with van der Waals surface area (Å²) in [6, 6.07) is 15.3. The zero-order chi connectivity index (χ0) is 18.9. The maximum absolute atomic E-state index is 12.1. The molecule has 0 aliphatic heterocycles. The predicted molar refractivity (Wildman–Crippen MR) is 96.1 cm³/mol. The van der Waals surface area contributed by atoms with Crippen LogP contribution in [0.3, 0.4) is 0 Å². The van der Waals surface area contributed by atoms with E-state index >= 15 is 0 Å². The summed E-state index contributed by atoms with van der Waals surface area (Å²) in [5, 5.41) is 32.1. The largest absolute Gasteiger partial charge is 0.502 e. The van der Waals surface area contributed by atoms with Crippen LogP contribution in [0.15, 0.2) is 54.1 Å². The van der Waals surface area contributed by atoms with Crippen LogP contribution in [0.1, 0.15) is 17.5 Å².